The van der Waals surface area contributed by atoms with Gasteiger partial charge in [-0.2, -0.15) is 13.7 Å². The Balaban J connectivity index is 1.64. The van der Waals surface area contributed by atoms with Crippen molar-refractivity contribution >= 4 is 43.0 Å². The number of benzene rings is 4. The van der Waals surface area contributed by atoms with E-state index < -0.39 is 36.2 Å². The summed E-state index contributed by atoms with van der Waals surface area (Å²) in [6.07, 6.45) is 0. The first-order valence-corrected chi connectivity index (χ1v) is 13.3. The van der Waals surface area contributed by atoms with Crippen LogP contribution in [-0.2, 0) is 10.1 Å². The lowest BCUT2D eigenvalue weighted by molar-refractivity contribution is -0.396. The van der Waals surface area contributed by atoms with Crippen molar-refractivity contribution in [2.24, 2.45) is 0 Å². The molecule has 0 saturated carbocycles. The number of aromatic nitrogens is 1. The molecule has 0 unspecified atom stereocenters. The van der Waals surface area contributed by atoms with E-state index in [9.17, 15) is 28.6 Å². The van der Waals surface area contributed by atoms with Gasteiger partial charge in [-0.05, 0) is 53.6 Å². The van der Waals surface area contributed by atoms with E-state index in [1.54, 1.807) is 42.5 Å². The molecule has 0 spiro atoms. The summed E-state index contributed by atoms with van der Waals surface area (Å²) in [5, 5.41) is 32.2. The summed E-state index contributed by atoms with van der Waals surface area (Å²) in [4.78, 5) is 24.5. The first-order chi connectivity index (χ1) is 18.7. The Bertz CT molecular complexity index is 1900. The van der Waals surface area contributed by atoms with Crippen LogP contribution in [0.25, 0.3) is 31.9 Å². The topological polar surface area (TPSA) is 166 Å². The SMILES string of the molecule is N#Cc1ccc(-c2ccc(OS(=O)(=O)c3ccc([N+](=O)[O-])cc3[N+](=O)[O-])c(-c3nc4ccccc4s3)c2)cc1. The van der Waals surface area contributed by atoms with Gasteiger partial charge in [-0.25, -0.2) is 4.98 Å². The second kappa shape index (κ2) is 9.93. The van der Waals surface area contributed by atoms with E-state index in [1.165, 1.54) is 17.4 Å². The average Bonchev–Trinajstić information content (AvgIpc) is 3.37. The number of nitriles is 1. The van der Waals surface area contributed by atoms with E-state index in [2.05, 4.69) is 4.98 Å². The molecular formula is C26H14N4O7S2. The number of nitro groups is 2. The molecule has 39 heavy (non-hydrogen) atoms. The first-order valence-electron chi connectivity index (χ1n) is 11.0. The fourth-order valence-corrected chi connectivity index (χ4v) is 5.89. The first kappa shape index (κ1) is 25.5. The molecule has 5 rings (SSSR count). The minimum atomic E-state index is -4.80. The number of hydrogen-bond acceptors (Lipinski definition) is 10. The zero-order valence-electron chi connectivity index (χ0n) is 19.5. The number of para-hydroxylation sites is 1. The van der Waals surface area contributed by atoms with Gasteiger partial charge >= 0.3 is 10.1 Å². The number of thiazole rings is 1. The average molecular weight is 559 g/mol. The van der Waals surface area contributed by atoms with Gasteiger partial charge in [-0.3, -0.25) is 20.2 Å². The highest BCUT2D eigenvalue weighted by Crippen LogP contribution is 2.40. The summed E-state index contributed by atoms with van der Waals surface area (Å²) < 4.78 is 32.7. The zero-order chi connectivity index (χ0) is 27.7. The third-order valence-corrected chi connectivity index (χ3v) is 8.02. The van der Waals surface area contributed by atoms with Gasteiger partial charge in [0, 0.05) is 6.07 Å². The lowest BCUT2D eigenvalue weighted by Crippen LogP contribution is -2.13. The van der Waals surface area contributed by atoms with Gasteiger partial charge < -0.3 is 4.18 Å². The predicted molar refractivity (Wildman–Crippen MR) is 143 cm³/mol. The molecular weight excluding hydrogens is 544 g/mol. The van der Waals surface area contributed by atoms with Gasteiger partial charge in [0.25, 0.3) is 11.4 Å². The Labute approximate surface area is 224 Å². The van der Waals surface area contributed by atoms with Crippen LogP contribution < -0.4 is 4.18 Å². The summed E-state index contributed by atoms with van der Waals surface area (Å²) in [7, 11) is -4.80. The molecule has 1 aromatic heterocycles. The number of nitrogens with zero attached hydrogens (tertiary/aromatic N) is 4. The molecule has 0 bridgehead atoms. The summed E-state index contributed by atoms with van der Waals surface area (Å²) in [5.74, 6) is -0.140. The third-order valence-electron chi connectivity index (χ3n) is 5.67. The summed E-state index contributed by atoms with van der Waals surface area (Å²) >= 11 is 1.30. The Morgan fingerprint density at radius 2 is 1.59 bits per heavy atom. The Kier molecular flexibility index (Phi) is 6.48. The van der Waals surface area contributed by atoms with Crippen LogP contribution in [0.4, 0.5) is 11.4 Å². The molecule has 13 heteroatoms. The molecule has 11 nitrogen and oxygen atoms in total. The summed E-state index contributed by atoms with van der Waals surface area (Å²) in [6.45, 7) is 0. The highest BCUT2D eigenvalue weighted by molar-refractivity contribution is 7.87. The van der Waals surface area contributed by atoms with Crippen LogP contribution in [0, 0.1) is 31.6 Å². The van der Waals surface area contributed by atoms with Crippen molar-refractivity contribution in [2.45, 2.75) is 4.90 Å². The molecule has 192 valence electrons. The van der Waals surface area contributed by atoms with Crippen LogP contribution in [0.2, 0.25) is 0 Å². The van der Waals surface area contributed by atoms with Crippen LogP contribution in [-0.4, -0.2) is 23.2 Å². The fraction of sp³-hybridized carbons (Fsp3) is 0. The molecule has 0 aliphatic rings. The molecule has 0 aliphatic heterocycles. The zero-order valence-corrected chi connectivity index (χ0v) is 21.2. The van der Waals surface area contributed by atoms with E-state index in [4.69, 9.17) is 9.44 Å². The number of non-ortho nitro benzene ring substituents is 1. The molecule has 1 heterocycles. The van der Waals surface area contributed by atoms with E-state index in [0.29, 0.717) is 33.3 Å². The molecule has 0 N–H and O–H groups in total. The van der Waals surface area contributed by atoms with E-state index in [-0.39, 0.29) is 5.75 Å². The Morgan fingerprint density at radius 3 is 2.26 bits per heavy atom. The Morgan fingerprint density at radius 1 is 0.872 bits per heavy atom. The fourth-order valence-electron chi connectivity index (χ4n) is 3.81. The van der Waals surface area contributed by atoms with Crippen molar-refractivity contribution in [3.8, 4) is 33.5 Å². The van der Waals surface area contributed by atoms with Crippen molar-refractivity contribution < 1.29 is 22.4 Å². The van der Waals surface area contributed by atoms with E-state index >= 15 is 0 Å². The van der Waals surface area contributed by atoms with Gasteiger partial charge in [0.15, 0.2) is 10.6 Å². The van der Waals surface area contributed by atoms with Gasteiger partial charge in [-0.15, -0.1) is 11.3 Å². The second-order valence-corrected chi connectivity index (χ2v) is 10.6. The van der Waals surface area contributed by atoms with Crippen LogP contribution >= 0.6 is 11.3 Å². The molecule has 0 aliphatic carbocycles. The highest BCUT2D eigenvalue weighted by Gasteiger charge is 2.31. The van der Waals surface area contributed by atoms with Crippen molar-refractivity contribution in [1.29, 1.82) is 5.26 Å². The normalized spacial score (nSPS) is 11.2. The van der Waals surface area contributed by atoms with Crippen LogP contribution in [0.3, 0.4) is 0 Å². The van der Waals surface area contributed by atoms with E-state index in [1.807, 2.05) is 24.3 Å². The van der Waals surface area contributed by atoms with Crippen molar-refractivity contribution in [3.05, 3.63) is 111 Å². The maximum Gasteiger partial charge on any atom is 0.346 e. The molecule has 0 fully saturated rings. The summed E-state index contributed by atoms with van der Waals surface area (Å²) in [6, 6.07) is 23.0. The van der Waals surface area contributed by atoms with Gasteiger partial charge in [-0.1, -0.05) is 30.3 Å². The smallest absolute Gasteiger partial charge is 0.346 e. The second-order valence-electron chi connectivity index (χ2n) is 8.09. The van der Waals surface area contributed by atoms with Crippen molar-refractivity contribution in [1.82, 2.24) is 4.98 Å². The lowest BCUT2D eigenvalue weighted by atomic mass is 10.0. The minimum Gasteiger partial charge on any atom is -0.378 e. The quantitative estimate of drug-likeness (QED) is 0.130. The number of rotatable bonds is 7. The Hall–Kier alpha value is -5.19. The lowest BCUT2D eigenvalue weighted by Gasteiger charge is -2.12. The van der Waals surface area contributed by atoms with Crippen LogP contribution in [0.5, 0.6) is 5.75 Å². The van der Waals surface area contributed by atoms with Crippen LogP contribution in [0.1, 0.15) is 5.56 Å². The largest absolute Gasteiger partial charge is 0.378 e. The third kappa shape index (κ3) is 5.01. The number of nitro benzene ring substituents is 2. The van der Waals surface area contributed by atoms with Crippen LogP contribution in [0.15, 0.2) is 89.8 Å². The number of fused-ring (bicyclic) bond motifs is 1. The van der Waals surface area contributed by atoms with Gasteiger partial charge in [0.1, 0.15) is 5.01 Å². The predicted octanol–water partition coefficient (Wildman–Crippen LogP) is 6.09. The number of hydrogen-bond donors (Lipinski definition) is 0. The monoisotopic (exact) mass is 558 g/mol. The summed E-state index contributed by atoms with van der Waals surface area (Å²) in [5.41, 5.74) is 1.27. The standard InChI is InChI=1S/C26H14N4O7S2/c27-15-16-5-7-17(8-6-16)18-9-11-23(20(13-18)26-28-21-3-1-2-4-24(21)38-26)37-39(35,36)25-12-10-19(29(31)32)14-22(25)30(33)34/h1-14H. The minimum absolute atomic E-state index is 0.140. The molecule has 5 aromatic rings. The highest BCUT2D eigenvalue weighted by atomic mass is 32.2. The maximum atomic E-state index is 13.2. The van der Waals surface area contributed by atoms with Crippen molar-refractivity contribution in [2.75, 3.05) is 0 Å². The molecule has 0 atom stereocenters. The molecule has 0 radical (unpaired) electrons. The molecule has 0 saturated heterocycles. The van der Waals surface area contributed by atoms with E-state index in [0.717, 1.165) is 22.4 Å². The maximum absolute atomic E-state index is 13.2. The van der Waals surface area contributed by atoms with Gasteiger partial charge in [0.2, 0.25) is 0 Å². The van der Waals surface area contributed by atoms with Gasteiger partial charge in [0.05, 0.1) is 43.3 Å². The van der Waals surface area contributed by atoms with Crippen molar-refractivity contribution in [3.63, 3.8) is 0 Å². The molecule has 4 aromatic carbocycles. The molecule has 0 amide bonds.